The van der Waals surface area contributed by atoms with Crippen molar-refractivity contribution in [3.63, 3.8) is 0 Å². The number of nitrogens with one attached hydrogen (secondary N) is 1. The highest BCUT2D eigenvalue weighted by Gasteiger charge is 2.26. The number of aliphatic hydroxyl groups excluding tert-OH is 1. The number of rotatable bonds is 3. The number of aromatic nitrogens is 1. The highest BCUT2D eigenvalue weighted by Crippen LogP contribution is 2.33. The van der Waals surface area contributed by atoms with Gasteiger partial charge >= 0.3 is 6.09 Å². The van der Waals surface area contributed by atoms with Gasteiger partial charge in [-0.25, -0.2) is 9.78 Å². The van der Waals surface area contributed by atoms with Crippen LogP contribution in [0, 0.1) is 0 Å². The molecule has 1 aromatic heterocycles. The summed E-state index contributed by atoms with van der Waals surface area (Å²) in [6, 6.07) is 7.00. The minimum Gasteiger partial charge on any atom is -0.465 e. The molecule has 23 heavy (non-hydrogen) atoms. The van der Waals surface area contributed by atoms with Gasteiger partial charge in [0.1, 0.15) is 5.82 Å². The molecule has 1 saturated heterocycles. The van der Waals surface area contributed by atoms with Crippen LogP contribution in [-0.4, -0.2) is 40.5 Å². The molecule has 3 N–H and O–H groups in total. The van der Waals surface area contributed by atoms with Gasteiger partial charge < -0.3 is 20.4 Å². The SMILES string of the molecule is C[C@H](NC(=O)O)c1cc2cccc(Cl)c2nc1N1CC[C@H](O)C1. The van der Waals surface area contributed by atoms with E-state index in [0.29, 0.717) is 35.9 Å². The lowest BCUT2D eigenvalue weighted by Gasteiger charge is -2.24. The number of benzene rings is 1. The van der Waals surface area contributed by atoms with Gasteiger partial charge in [0, 0.05) is 24.0 Å². The molecule has 1 fully saturated rings. The zero-order chi connectivity index (χ0) is 16.6. The van der Waals surface area contributed by atoms with Gasteiger partial charge in [0.2, 0.25) is 0 Å². The third kappa shape index (κ3) is 3.18. The van der Waals surface area contributed by atoms with E-state index in [4.69, 9.17) is 16.7 Å². The van der Waals surface area contributed by atoms with Gasteiger partial charge in [-0.1, -0.05) is 23.7 Å². The van der Waals surface area contributed by atoms with Crippen LogP contribution in [0.5, 0.6) is 0 Å². The standard InChI is InChI=1S/C16H18ClN3O3/c1-9(18-16(22)23)12-7-10-3-2-4-13(17)14(10)19-15(12)20-6-5-11(21)8-20/h2-4,7,9,11,18,21H,5-6,8H2,1H3,(H,22,23)/t9-,11-/m0/s1. The lowest BCUT2D eigenvalue weighted by Crippen LogP contribution is -2.29. The number of hydrogen-bond donors (Lipinski definition) is 3. The summed E-state index contributed by atoms with van der Waals surface area (Å²) in [5.74, 6) is 0.670. The van der Waals surface area contributed by atoms with Crippen molar-refractivity contribution in [2.75, 3.05) is 18.0 Å². The molecule has 0 unspecified atom stereocenters. The van der Waals surface area contributed by atoms with Crippen molar-refractivity contribution in [2.24, 2.45) is 0 Å². The monoisotopic (exact) mass is 335 g/mol. The minimum atomic E-state index is -1.09. The normalized spacial score (nSPS) is 19.1. The Bertz CT molecular complexity index is 753. The second-order valence-corrected chi connectivity index (χ2v) is 6.18. The van der Waals surface area contributed by atoms with Crippen LogP contribution in [0.15, 0.2) is 24.3 Å². The fourth-order valence-corrected chi connectivity index (χ4v) is 3.16. The lowest BCUT2D eigenvalue weighted by molar-refractivity contribution is 0.190. The third-order valence-electron chi connectivity index (χ3n) is 4.07. The average Bonchev–Trinajstić information content (AvgIpc) is 2.92. The molecule has 7 heteroatoms. The highest BCUT2D eigenvalue weighted by atomic mass is 35.5. The number of para-hydroxylation sites is 1. The van der Waals surface area contributed by atoms with Gasteiger partial charge in [0.15, 0.2) is 0 Å². The zero-order valence-electron chi connectivity index (χ0n) is 12.7. The Morgan fingerprint density at radius 3 is 2.96 bits per heavy atom. The molecule has 2 atom stereocenters. The summed E-state index contributed by atoms with van der Waals surface area (Å²) < 4.78 is 0. The van der Waals surface area contributed by atoms with Crippen LogP contribution in [0.25, 0.3) is 10.9 Å². The Morgan fingerprint density at radius 2 is 2.30 bits per heavy atom. The van der Waals surface area contributed by atoms with E-state index < -0.39 is 18.2 Å². The van der Waals surface area contributed by atoms with Gasteiger partial charge in [-0.3, -0.25) is 0 Å². The summed E-state index contributed by atoms with van der Waals surface area (Å²) in [4.78, 5) is 17.6. The molecule has 0 bridgehead atoms. The number of amides is 1. The van der Waals surface area contributed by atoms with E-state index in [1.165, 1.54) is 0 Å². The van der Waals surface area contributed by atoms with Crippen LogP contribution >= 0.6 is 11.6 Å². The van der Waals surface area contributed by atoms with E-state index >= 15 is 0 Å². The molecule has 0 spiro atoms. The molecule has 3 rings (SSSR count). The van der Waals surface area contributed by atoms with Crippen LogP contribution in [0.2, 0.25) is 5.02 Å². The molecule has 6 nitrogen and oxygen atoms in total. The fourth-order valence-electron chi connectivity index (χ4n) is 2.94. The van der Waals surface area contributed by atoms with Gasteiger partial charge in [-0.05, 0) is 25.5 Å². The van der Waals surface area contributed by atoms with Crippen molar-refractivity contribution in [1.82, 2.24) is 10.3 Å². The number of carbonyl (C=O) groups is 1. The molecule has 0 aliphatic carbocycles. The highest BCUT2D eigenvalue weighted by molar-refractivity contribution is 6.35. The number of nitrogens with zero attached hydrogens (tertiary/aromatic N) is 2. The minimum absolute atomic E-state index is 0.394. The first-order chi connectivity index (χ1) is 11.0. The zero-order valence-corrected chi connectivity index (χ0v) is 13.4. The lowest BCUT2D eigenvalue weighted by atomic mass is 10.1. The number of hydrogen-bond acceptors (Lipinski definition) is 4. The summed E-state index contributed by atoms with van der Waals surface area (Å²) >= 11 is 6.24. The van der Waals surface area contributed by atoms with Crippen molar-refractivity contribution < 1.29 is 15.0 Å². The number of carboxylic acid groups (broad SMARTS) is 1. The third-order valence-corrected chi connectivity index (χ3v) is 4.38. The second-order valence-electron chi connectivity index (χ2n) is 5.77. The summed E-state index contributed by atoms with van der Waals surface area (Å²) in [5, 5.41) is 22.7. The van der Waals surface area contributed by atoms with E-state index in [1.807, 2.05) is 23.1 Å². The van der Waals surface area contributed by atoms with Gasteiger partial charge in [0.05, 0.1) is 22.7 Å². The summed E-state index contributed by atoms with van der Waals surface area (Å²) in [6.07, 6.45) is -0.812. The van der Waals surface area contributed by atoms with E-state index in [-0.39, 0.29) is 0 Å². The van der Waals surface area contributed by atoms with E-state index in [2.05, 4.69) is 10.3 Å². The molecule has 1 amide bonds. The molecule has 0 saturated carbocycles. The van der Waals surface area contributed by atoms with Crippen molar-refractivity contribution in [3.8, 4) is 0 Å². The van der Waals surface area contributed by atoms with Crippen LogP contribution in [0.1, 0.15) is 24.9 Å². The van der Waals surface area contributed by atoms with Gasteiger partial charge in [0.25, 0.3) is 0 Å². The van der Waals surface area contributed by atoms with Crippen molar-refractivity contribution in [1.29, 1.82) is 0 Å². The Hall–Kier alpha value is -2.05. The molecule has 0 radical (unpaired) electrons. The van der Waals surface area contributed by atoms with Crippen LogP contribution < -0.4 is 10.2 Å². The summed E-state index contributed by atoms with van der Waals surface area (Å²) in [7, 11) is 0. The second kappa shape index (κ2) is 6.22. The van der Waals surface area contributed by atoms with E-state index in [9.17, 15) is 9.90 Å². The first-order valence-electron chi connectivity index (χ1n) is 7.47. The van der Waals surface area contributed by atoms with Gasteiger partial charge in [-0.15, -0.1) is 0 Å². The molecule has 122 valence electrons. The number of halogens is 1. The quantitative estimate of drug-likeness (QED) is 0.803. The first-order valence-corrected chi connectivity index (χ1v) is 7.85. The fraction of sp³-hybridized carbons (Fsp3) is 0.375. The maximum Gasteiger partial charge on any atom is 0.405 e. The predicted octanol–water partition coefficient (Wildman–Crippen LogP) is 2.79. The average molecular weight is 336 g/mol. The van der Waals surface area contributed by atoms with Crippen molar-refractivity contribution in [3.05, 3.63) is 34.9 Å². The maximum atomic E-state index is 11.0. The smallest absolute Gasteiger partial charge is 0.405 e. The van der Waals surface area contributed by atoms with E-state index in [0.717, 1.165) is 10.9 Å². The Labute approximate surface area is 138 Å². The number of fused-ring (bicyclic) bond motifs is 1. The van der Waals surface area contributed by atoms with Crippen molar-refractivity contribution >= 4 is 34.4 Å². The molecule has 2 heterocycles. The molecule has 1 aromatic carbocycles. The molecular weight excluding hydrogens is 318 g/mol. The number of anilines is 1. The number of pyridine rings is 1. The first kappa shape index (κ1) is 15.8. The van der Waals surface area contributed by atoms with Crippen LogP contribution in [0.3, 0.4) is 0 Å². The summed E-state index contributed by atoms with van der Waals surface area (Å²) in [5.41, 5.74) is 1.45. The Morgan fingerprint density at radius 1 is 1.52 bits per heavy atom. The molecule has 1 aliphatic rings. The number of aliphatic hydroxyl groups is 1. The topological polar surface area (TPSA) is 85.7 Å². The van der Waals surface area contributed by atoms with Crippen LogP contribution in [-0.2, 0) is 0 Å². The van der Waals surface area contributed by atoms with E-state index in [1.54, 1.807) is 13.0 Å². The van der Waals surface area contributed by atoms with Crippen molar-refractivity contribution in [2.45, 2.75) is 25.5 Å². The van der Waals surface area contributed by atoms with Gasteiger partial charge in [-0.2, -0.15) is 0 Å². The Balaban J connectivity index is 2.12. The summed E-state index contributed by atoms with van der Waals surface area (Å²) in [6.45, 7) is 2.93. The molecule has 1 aliphatic heterocycles. The molecular formula is C16H18ClN3O3. The number of β-amino-alcohol motifs (C(OH)–C–C–N with tert-alkyl or cyclic N) is 1. The Kier molecular flexibility index (Phi) is 4.28. The van der Waals surface area contributed by atoms with Crippen LogP contribution in [0.4, 0.5) is 10.6 Å². The predicted molar refractivity (Wildman–Crippen MR) is 89.2 cm³/mol. The largest absolute Gasteiger partial charge is 0.465 e. The molecule has 2 aromatic rings. The maximum absolute atomic E-state index is 11.0.